The molecule has 1 aliphatic rings. The van der Waals surface area contributed by atoms with Crippen molar-refractivity contribution in [2.45, 2.75) is 56.1 Å². The van der Waals surface area contributed by atoms with Crippen LogP contribution in [-0.4, -0.2) is 46.7 Å². The topological polar surface area (TPSA) is 104 Å². The van der Waals surface area contributed by atoms with E-state index in [1.807, 2.05) is 0 Å². The average molecular weight is 272 g/mol. The molecule has 0 heterocycles. The molecule has 0 aromatic rings. The summed E-state index contributed by atoms with van der Waals surface area (Å²) in [5.41, 5.74) is 0. The van der Waals surface area contributed by atoms with Crippen LogP contribution in [-0.2, 0) is 14.9 Å². The van der Waals surface area contributed by atoms with E-state index in [2.05, 4.69) is 0 Å². The second-order valence-corrected chi connectivity index (χ2v) is 6.09. The molecule has 1 fully saturated rings. The maximum atomic E-state index is 13.6. The highest BCUT2D eigenvalue weighted by molar-refractivity contribution is 7.87. The summed E-state index contributed by atoms with van der Waals surface area (Å²) in [6.45, 7) is 0.502. The summed E-state index contributed by atoms with van der Waals surface area (Å²) in [4.78, 5) is 0. The van der Waals surface area contributed by atoms with Crippen molar-refractivity contribution in [1.29, 1.82) is 0 Å². The minimum absolute atomic E-state index is 0.403. The average Bonchev–Trinajstić information content (AvgIpc) is 2.19. The molecule has 8 heteroatoms. The van der Waals surface area contributed by atoms with Crippen LogP contribution < -0.4 is 0 Å². The zero-order valence-corrected chi connectivity index (χ0v) is 10.2. The third kappa shape index (κ3) is 3.35. The molecule has 6 nitrogen and oxygen atoms in total. The third-order valence-electron chi connectivity index (χ3n) is 2.92. The first-order valence-electron chi connectivity index (χ1n) is 5.34. The first-order chi connectivity index (χ1) is 7.66. The van der Waals surface area contributed by atoms with E-state index in [1.165, 1.54) is 0 Å². The highest BCUT2D eigenvalue weighted by atomic mass is 32.2. The molecule has 0 aromatic carbocycles. The van der Waals surface area contributed by atoms with Crippen molar-refractivity contribution in [3.63, 3.8) is 0 Å². The van der Waals surface area contributed by atoms with Crippen molar-refractivity contribution in [2.75, 3.05) is 0 Å². The molecule has 0 aromatic heterocycles. The summed E-state index contributed by atoms with van der Waals surface area (Å²) in [5.74, 6) is 0. The Morgan fingerprint density at radius 3 is 2.41 bits per heavy atom. The highest BCUT2D eigenvalue weighted by Gasteiger charge is 2.48. The minimum atomic E-state index is -5.09. The summed E-state index contributed by atoms with van der Waals surface area (Å²) in [6, 6.07) is 0. The number of hydrogen-bond donors (Lipinski definition) is 3. The minimum Gasteiger partial charge on any atom is -0.390 e. The number of rotatable bonds is 4. The number of halogens is 1. The van der Waals surface area contributed by atoms with Gasteiger partial charge in [0.2, 0.25) is 6.29 Å². The van der Waals surface area contributed by atoms with Crippen molar-refractivity contribution in [1.82, 2.24) is 0 Å². The summed E-state index contributed by atoms with van der Waals surface area (Å²) in [5, 5.41) is 15.5. The van der Waals surface area contributed by atoms with Crippen LogP contribution in [0.2, 0.25) is 0 Å². The van der Waals surface area contributed by atoms with Crippen molar-refractivity contribution in [3.8, 4) is 0 Å². The number of ether oxygens (including phenoxy) is 1. The second-order valence-electron chi connectivity index (χ2n) is 4.34. The second kappa shape index (κ2) is 5.15. The summed E-state index contributed by atoms with van der Waals surface area (Å²) < 4.78 is 48.4. The van der Waals surface area contributed by atoms with E-state index in [4.69, 9.17) is 9.29 Å². The Kier molecular flexibility index (Phi) is 4.48. The van der Waals surface area contributed by atoms with Gasteiger partial charge in [-0.2, -0.15) is 8.42 Å². The summed E-state index contributed by atoms with van der Waals surface area (Å²) in [6.07, 6.45) is -1.64. The Bertz CT molecular complexity index is 354. The van der Waals surface area contributed by atoms with E-state index >= 15 is 0 Å². The van der Waals surface area contributed by atoms with Gasteiger partial charge in [-0.3, -0.25) is 4.55 Å². The Morgan fingerprint density at radius 2 is 1.94 bits per heavy atom. The number of aliphatic hydroxyl groups excluding tert-OH is 2. The Morgan fingerprint density at radius 1 is 1.41 bits per heavy atom. The van der Waals surface area contributed by atoms with Gasteiger partial charge in [-0.05, 0) is 19.8 Å². The van der Waals surface area contributed by atoms with Gasteiger partial charge in [-0.15, -0.1) is 0 Å². The normalized spacial score (nSPS) is 31.8. The van der Waals surface area contributed by atoms with Gasteiger partial charge in [-0.1, -0.05) is 12.8 Å². The highest BCUT2D eigenvalue weighted by Crippen LogP contribution is 2.28. The Labute approximate surface area is 99.1 Å². The van der Waals surface area contributed by atoms with Gasteiger partial charge in [0.1, 0.15) is 0 Å². The fourth-order valence-electron chi connectivity index (χ4n) is 1.65. The molecule has 0 bridgehead atoms. The predicted molar refractivity (Wildman–Crippen MR) is 56.4 cm³/mol. The largest absolute Gasteiger partial charge is 0.390 e. The monoisotopic (exact) mass is 272 g/mol. The SMILES string of the molecule is CC(F)(C(O)OC1CCCCC1O)S(=O)(=O)O. The van der Waals surface area contributed by atoms with E-state index in [0.717, 1.165) is 12.8 Å². The zero-order chi connectivity index (χ0) is 13.3. The molecule has 4 unspecified atom stereocenters. The molecule has 1 saturated carbocycles. The third-order valence-corrected chi connectivity index (χ3v) is 4.13. The molecule has 102 valence electrons. The number of hydrogen-bond acceptors (Lipinski definition) is 5. The molecule has 0 radical (unpaired) electrons. The molecular weight excluding hydrogens is 255 g/mol. The molecule has 4 atom stereocenters. The number of aliphatic hydroxyl groups is 2. The van der Waals surface area contributed by atoms with E-state index < -0.39 is 33.6 Å². The van der Waals surface area contributed by atoms with Crippen LogP contribution in [0, 0.1) is 0 Å². The number of alkyl halides is 1. The molecule has 0 aliphatic heterocycles. The fraction of sp³-hybridized carbons (Fsp3) is 1.00. The van der Waals surface area contributed by atoms with Crippen LogP contribution in [0.3, 0.4) is 0 Å². The van der Waals surface area contributed by atoms with Crippen LogP contribution in [0.1, 0.15) is 32.6 Å². The molecule has 0 amide bonds. The fourth-order valence-corrected chi connectivity index (χ4v) is 1.96. The van der Waals surface area contributed by atoms with Crippen molar-refractivity contribution >= 4 is 10.1 Å². The molecular formula is C9H17FO6S. The Balaban J connectivity index is 2.68. The molecule has 1 aliphatic carbocycles. The van der Waals surface area contributed by atoms with Gasteiger partial charge in [-0.25, -0.2) is 4.39 Å². The smallest absolute Gasteiger partial charge is 0.305 e. The lowest BCUT2D eigenvalue weighted by Crippen LogP contribution is -2.48. The van der Waals surface area contributed by atoms with Gasteiger partial charge in [0.25, 0.3) is 5.00 Å². The van der Waals surface area contributed by atoms with E-state index in [9.17, 15) is 23.0 Å². The predicted octanol–water partition coefficient (Wildman–Crippen LogP) is 0.198. The molecule has 0 spiro atoms. The first kappa shape index (κ1) is 14.8. The first-order valence-corrected chi connectivity index (χ1v) is 6.78. The lowest BCUT2D eigenvalue weighted by atomic mass is 9.95. The van der Waals surface area contributed by atoms with E-state index in [-0.39, 0.29) is 0 Å². The van der Waals surface area contributed by atoms with E-state index in [1.54, 1.807) is 0 Å². The summed E-state index contributed by atoms with van der Waals surface area (Å²) >= 11 is 0. The van der Waals surface area contributed by atoms with Crippen LogP contribution in [0.5, 0.6) is 0 Å². The standard InChI is InChI=1S/C9H17FO6S/c1-9(10,17(13,14)15)8(12)16-7-5-3-2-4-6(7)11/h6-8,11-12H,2-5H2,1H3,(H,13,14,15). The molecule has 1 rings (SSSR count). The van der Waals surface area contributed by atoms with Gasteiger partial charge < -0.3 is 14.9 Å². The lowest BCUT2D eigenvalue weighted by molar-refractivity contribution is -0.206. The van der Waals surface area contributed by atoms with Crippen molar-refractivity contribution in [3.05, 3.63) is 0 Å². The summed E-state index contributed by atoms with van der Waals surface area (Å²) in [7, 11) is -5.09. The van der Waals surface area contributed by atoms with Gasteiger partial charge in [0.05, 0.1) is 12.2 Å². The van der Waals surface area contributed by atoms with E-state index in [0.29, 0.717) is 19.8 Å². The van der Waals surface area contributed by atoms with Crippen LogP contribution in [0.4, 0.5) is 4.39 Å². The van der Waals surface area contributed by atoms with Gasteiger partial charge in [0.15, 0.2) is 0 Å². The maximum Gasteiger partial charge on any atom is 0.305 e. The van der Waals surface area contributed by atoms with Gasteiger partial charge in [0, 0.05) is 0 Å². The molecule has 17 heavy (non-hydrogen) atoms. The molecule has 3 N–H and O–H groups in total. The van der Waals surface area contributed by atoms with Crippen molar-refractivity contribution < 1.29 is 32.3 Å². The molecule has 0 saturated heterocycles. The van der Waals surface area contributed by atoms with Gasteiger partial charge >= 0.3 is 10.1 Å². The Hall–Kier alpha value is -0.280. The van der Waals surface area contributed by atoms with Crippen molar-refractivity contribution in [2.24, 2.45) is 0 Å². The quantitative estimate of drug-likeness (QED) is 0.499. The van der Waals surface area contributed by atoms with Crippen LogP contribution in [0.25, 0.3) is 0 Å². The van der Waals surface area contributed by atoms with Crippen LogP contribution in [0.15, 0.2) is 0 Å². The zero-order valence-electron chi connectivity index (χ0n) is 9.41. The lowest BCUT2D eigenvalue weighted by Gasteiger charge is -2.32. The van der Waals surface area contributed by atoms with Crippen LogP contribution >= 0.6 is 0 Å². The maximum absolute atomic E-state index is 13.6.